The zero-order chi connectivity index (χ0) is 18.4. The third-order valence-corrected chi connectivity index (χ3v) is 5.54. The van der Waals surface area contributed by atoms with Crippen LogP contribution in [0.15, 0.2) is 0 Å². The molecule has 1 saturated carbocycles. The first kappa shape index (κ1) is 18.8. The first-order valence-corrected chi connectivity index (χ1v) is 8.12. The fraction of sp³-hybridized carbons (Fsp3) is 0.562. The number of aryl methyl sites for hydroxylation is 1. The number of methoxy groups -OCH3 is 1. The van der Waals surface area contributed by atoms with Gasteiger partial charge in [-0.3, -0.25) is 9.59 Å². The molecule has 0 spiro atoms. The molecule has 1 aliphatic carbocycles. The van der Waals surface area contributed by atoms with Gasteiger partial charge in [0.1, 0.15) is 9.75 Å². The van der Waals surface area contributed by atoms with Gasteiger partial charge in [-0.25, -0.2) is 4.79 Å². The van der Waals surface area contributed by atoms with E-state index in [0.717, 1.165) is 0 Å². The maximum Gasteiger partial charge on any atom is 0.339 e. The molecule has 0 unspecified atom stereocenters. The number of H-pyrrole nitrogens is 1. The van der Waals surface area contributed by atoms with Gasteiger partial charge in [0.2, 0.25) is 5.78 Å². The van der Waals surface area contributed by atoms with Gasteiger partial charge in [-0.1, -0.05) is 0 Å². The predicted octanol–water partition coefficient (Wildman–Crippen LogP) is 3.12. The Labute approximate surface area is 149 Å². The highest BCUT2D eigenvalue weighted by atomic mass is 35.5. The lowest BCUT2D eigenvalue weighted by atomic mass is 10.1. The van der Waals surface area contributed by atoms with E-state index in [1.807, 2.05) is 0 Å². The van der Waals surface area contributed by atoms with Gasteiger partial charge >= 0.3 is 11.9 Å². The number of ketones is 1. The highest BCUT2D eigenvalue weighted by Gasteiger charge is 2.69. The van der Waals surface area contributed by atoms with E-state index in [1.54, 1.807) is 20.8 Å². The van der Waals surface area contributed by atoms with Crippen molar-refractivity contribution in [1.29, 1.82) is 0 Å². The molecule has 1 aliphatic rings. The average molecular weight is 376 g/mol. The summed E-state index contributed by atoms with van der Waals surface area (Å²) in [5, 5.41) is 0. The molecule has 1 aromatic rings. The zero-order valence-corrected chi connectivity index (χ0v) is 15.6. The second-order valence-corrected chi connectivity index (χ2v) is 7.73. The second kappa shape index (κ2) is 6.08. The molecule has 0 aliphatic heterocycles. The minimum Gasteiger partial charge on any atom is -0.465 e. The molecule has 0 saturated heterocycles. The van der Waals surface area contributed by atoms with Crippen molar-refractivity contribution in [3.05, 3.63) is 22.5 Å². The van der Waals surface area contributed by atoms with Crippen LogP contribution < -0.4 is 0 Å². The Kier molecular flexibility index (Phi) is 4.76. The lowest BCUT2D eigenvalue weighted by Gasteiger charge is -2.16. The number of ether oxygens (including phenoxy) is 2. The van der Waals surface area contributed by atoms with Crippen LogP contribution in [-0.2, 0) is 14.3 Å². The molecule has 8 heteroatoms. The number of hydrogen-bond donors (Lipinski definition) is 1. The molecule has 132 valence electrons. The SMILES string of the molecule is COC(=O)c1c(C)[nH]c(C(=O)[C@H](C)OC(=O)[C@@]2(C)CC2(Cl)Cl)c1C. The van der Waals surface area contributed by atoms with Crippen molar-refractivity contribution in [2.45, 2.75) is 44.6 Å². The van der Waals surface area contributed by atoms with E-state index in [-0.39, 0.29) is 12.1 Å². The molecule has 0 aromatic carbocycles. The van der Waals surface area contributed by atoms with E-state index in [1.165, 1.54) is 14.0 Å². The van der Waals surface area contributed by atoms with Crippen molar-refractivity contribution >= 4 is 40.9 Å². The number of nitrogens with one attached hydrogen (secondary N) is 1. The van der Waals surface area contributed by atoms with Crippen LogP contribution in [0.4, 0.5) is 0 Å². The van der Waals surface area contributed by atoms with E-state index in [2.05, 4.69) is 4.98 Å². The predicted molar refractivity (Wildman–Crippen MR) is 88.7 cm³/mol. The van der Waals surface area contributed by atoms with Gasteiger partial charge in [-0.15, -0.1) is 23.2 Å². The summed E-state index contributed by atoms with van der Waals surface area (Å²) in [6.45, 7) is 6.34. The number of alkyl halides is 2. The van der Waals surface area contributed by atoms with Crippen LogP contribution in [0, 0.1) is 19.3 Å². The molecule has 24 heavy (non-hydrogen) atoms. The van der Waals surface area contributed by atoms with Gasteiger partial charge in [0, 0.05) is 12.1 Å². The summed E-state index contributed by atoms with van der Waals surface area (Å²) in [5.41, 5.74) is 0.457. The molecular formula is C16H19Cl2NO5. The molecule has 1 N–H and O–H groups in total. The number of esters is 2. The first-order chi connectivity index (χ1) is 11.0. The van der Waals surface area contributed by atoms with Crippen LogP contribution in [-0.4, -0.2) is 40.3 Å². The van der Waals surface area contributed by atoms with Gasteiger partial charge in [-0.2, -0.15) is 0 Å². The Balaban J connectivity index is 2.18. The third-order valence-electron chi connectivity index (χ3n) is 4.43. The summed E-state index contributed by atoms with van der Waals surface area (Å²) >= 11 is 11.9. The molecule has 0 bridgehead atoms. The zero-order valence-electron chi connectivity index (χ0n) is 14.1. The van der Waals surface area contributed by atoms with Crippen molar-refractivity contribution in [2.75, 3.05) is 7.11 Å². The minimum atomic E-state index is -1.16. The fourth-order valence-corrected chi connectivity index (χ4v) is 3.26. The van der Waals surface area contributed by atoms with Crippen molar-refractivity contribution < 1.29 is 23.9 Å². The topological polar surface area (TPSA) is 85.5 Å². The number of carbonyl (C=O) groups is 3. The summed E-state index contributed by atoms with van der Waals surface area (Å²) in [4.78, 5) is 39.4. The van der Waals surface area contributed by atoms with Crippen LogP contribution in [0.25, 0.3) is 0 Å². The van der Waals surface area contributed by atoms with Gasteiger partial charge in [0.05, 0.1) is 18.4 Å². The average Bonchev–Trinajstić information content (AvgIpc) is 2.88. The quantitative estimate of drug-likeness (QED) is 0.485. The highest BCUT2D eigenvalue weighted by molar-refractivity contribution is 6.53. The smallest absolute Gasteiger partial charge is 0.339 e. The van der Waals surface area contributed by atoms with E-state index in [0.29, 0.717) is 16.8 Å². The van der Waals surface area contributed by atoms with Crippen LogP contribution in [0.1, 0.15) is 52.4 Å². The monoisotopic (exact) mass is 375 g/mol. The maximum atomic E-state index is 12.6. The Morgan fingerprint density at radius 1 is 1.25 bits per heavy atom. The summed E-state index contributed by atoms with van der Waals surface area (Å²) in [5.74, 6) is -1.61. The number of hydrogen-bond acceptors (Lipinski definition) is 5. The summed E-state index contributed by atoms with van der Waals surface area (Å²) in [6.07, 6.45) is -0.767. The van der Waals surface area contributed by atoms with Crippen LogP contribution in [0.2, 0.25) is 0 Å². The van der Waals surface area contributed by atoms with Crippen LogP contribution in [0.3, 0.4) is 0 Å². The van der Waals surface area contributed by atoms with Gasteiger partial charge in [0.25, 0.3) is 0 Å². The maximum absolute atomic E-state index is 12.6. The van der Waals surface area contributed by atoms with Gasteiger partial charge in [0.15, 0.2) is 6.10 Å². The van der Waals surface area contributed by atoms with Crippen molar-refractivity contribution in [3.63, 3.8) is 0 Å². The number of halogens is 2. The van der Waals surface area contributed by atoms with Gasteiger partial charge < -0.3 is 14.5 Å². The molecule has 1 heterocycles. The number of aromatic nitrogens is 1. The van der Waals surface area contributed by atoms with Crippen molar-refractivity contribution in [1.82, 2.24) is 4.98 Å². The Bertz CT molecular complexity index is 724. The largest absolute Gasteiger partial charge is 0.465 e. The highest BCUT2D eigenvalue weighted by Crippen LogP contribution is 2.64. The van der Waals surface area contributed by atoms with Crippen molar-refractivity contribution in [2.24, 2.45) is 5.41 Å². The summed E-state index contributed by atoms with van der Waals surface area (Å²) < 4.78 is 8.77. The molecule has 1 aromatic heterocycles. The Morgan fingerprint density at radius 3 is 2.25 bits per heavy atom. The molecule has 1 fully saturated rings. The Hall–Kier alpha value is -1.53. The van der Waals surface area contributed by atoms with E-state index >= 15 is 0 Å². The van der Waals surface area contributed by atoms with Crippen LogP contribution in [0.5, 0.6) is 0 Å². The minimum absolute atomic E-state index is 0.206. The third kappa shape index (κ3) is 2.93. The summed E-state index contributed by atoms with van der Waals surface area (Å²) in [6, 6.07) is 0. The molecule has 0 amide bonds. The fourth-order valence-electron chi connectivity index (χ4n) is 2.57. The van der Waals surface area contributed by atoms with E-state index in [4.69, 9.17) is 32.7 Å². The van der Waals surface area contributed by atoms with Gasteiger partial charge in [-0.05, 0) is 33.3 Å². The van der Waals surface area contributed by atoms with Crippen molar-refractivity contribution in [3.8, 4) is 0 Å². The summed E-state index contributed by atoms with van der Waals surface area (Å²) in [7, 11) is 1.26. The normalized spacial score (nSPS) is 22.6. The molecule has 2 rings (SSSR count). The second-order valence-electron chi connectivity index (χ2n) is 6.24. The molecule has 2 atom stereocenters. The molecule has 6 nitrogen and oxygen atoms in total. The first-order valence-electron chi connectivity index (χ1n) is 7.37. The number of carbonyl (C=O) groups excluding carboxylic acids is 3. The molecular weight excluding hydrogens is 357 g/mol. The number of Topliss-reactive ketones (excluding diaryl/α,β-unsaturated/α-hetero) is 1. The Morgan fingerprint density at radius 2 is 1.79 bits per heavy atom. The number of rotatable bonds is 5. The standard InChI is InChI=1S/C16H19Cl2NO5/c1-7-10(13(21)23-5)8(2)19-11(7)12(20)9(3)24-14(22)15(4)6-16(15,17)18/h9,19H,6H2,1-5H3/t9-,15+/m0/s1. The molecule has 0 radical (unpaired) electrons. The lowest BCUT2D eigenvalue weighted by molar-refractivity contribution is -0.152. The van der Waals surface area contributed by atoms with Crippen LogP contribution >= 0.6 is 23.2 Å². The van der Waals surface area contributed by atoms with E-state index in [9.17, 15) is 14.4 Å². The number of aromatic amines is 1. The lowest BCUT2D eigenvalue weighted by Crippen LogP contribution is -2.30. The van der Waals surface area contributed by atoms with E-state index < -0.39 is 33.6 Å².